The van der Waals surface area contributed by atoms with E-state index in [-0.39, 0.29) is 19.6 Å². The maximum atomic E-state index is 10.8. The van der Waals surface area contributed by atoms with Crippen molar-refractivity contribution in [1.82, 2.24) is 9.55 Å². The maximum Gasteiger partial charge on any atom is 0.187 e. The molecule has 0 bridgehead atoms. The molecule has 0 radical (unpaired) electrons. The van der Waals surface area contributed by atoms with Gasteiger partial charge in [-0.05, 0) is 36.8 Å². The summed E-state index contributed by atoms with van der Waals surface area (Å²) in [7, 11) is 2.02. The predicted molar refractivity (Wildman–Crippen MR) is 157 cm³/mol. The SMILES string of the molecule is Cc1c2cc(OCCO[C@@H]3C[C@@H](O)[C@H](O[C@@H]4O[C@H](CO)[C@H](O)[C@H](O)[C@H]4O)[C@@H](CO)O3)ccc2nc2c1c1ccccc1n2C. The van der Waals surface area contributed by atoms with Crippen molar-refractivity contribution in [2.45, 2.75) is 68.7 Å². The minimum Gasteiger partial charge on any atom is -0.491 e. The molecule has 9 atom stereocenters. The second-order valence-electron chi connectivity index (χ2n) is 11.3. The molecule has 0 amide bonds. The van der Waals surface area contributed by atoms with Crippen molar-refractivity contribution >= 4 is 32.8 Å². The summed E-state index contributed by atoms with van der Waals surface area (Å²) in [5, 5.41) is 63.6. The van der Waals surface area contributed by atoms with Crippen LogP contribution in [0.25, 0.3) is 32.8 Å². The van der Waals surface area contributed by atoms with Gasteiger partial charge in [-0.2, -0.15) is 0 Å². The second-order valence-corrected chi connectivity index (χ2v) is 11.3. The van der Waals surface area contributed by atoms with Gasteiger partial charge in [0.25, 0.3) is 0 Å². The summed E-state index contributed by atoms with van der Waals surface area (Å²) in [6, 6.07) is 14.0. The largest absolute Gasteiger partial charge is 0.491 e. The van der Waals surface area contributed by atoms with Gasteiger partial charge in [-0.25, -0.2) is 4.98 Å². The Kier molecular flexibility index (Phi) is 9.04. The Hall–Kier alpha value is -2.95. The number of hydrogen-bond donors (Lipinski definition) is 6. The van der Waals surface area contributed by atoms with Crippen LogP contribution < -0.4 is 4.74 Å². The molecule has 0 aliphatic carbocycles. The Morgan fingerprint density at radius 3 is 2.45 bits per heavy atom. The van der Waals surface area contributed by atoms with Crippen molar-refractivity contribution in [3.63, 3.8) is 0 Å². The Balaban J connectivity index is 1.06. The number of fused-ring (bicyclic) bond motifs is 4. The van der Waals surface area contributed by atoms with Gasteiger partial charge in [-0.3, -0.25) is 0 Å². The number of aryl methyl sites for hydroxylation is 2. The summed E-state index contributed by atoms with van der Waals surface area (Å²) in [5.41, 5.74) is 4.02. The zero-order chi connectivity index (χ0) is 31.1. The van der Waals surface area contributed by atoms with Crippen LogP contribution in [0.15, 0.2) is 42.5 Å². The summed E-state index contributed by atoms with van der Waals surface area (Å²) in [6.45, 7) is 1.25. The third-order valence-corrected chi connectivity index (χ3v) is 8.53. The van der Waals surface area contributed by atoms with Crippen LogP contribution in [-0.4, -0.2) is 122 Å². The van der Waals surface area contributed by atoms with E-state index >= 15 is 0 Å². The molecule has 6 N–H and O–H groups in total. The Bertz CT molecular complexity index is 1610. The van der Waals surface area contributed by atoms with E-state index in [2.05, 4.69) is 23.6 Å². The number of aliphatic hydroxyl groups excluding tert-OH is 6. The van der Waals surface area contributed by atoms with Crippen LogP contribution in [0, 0.1) is 6.92 Å². The van der Waals surface area contributed by atoms with Gasteiger partial charge in [-0.15, -0.1) is 0 Å². The van der Waals surface area contributed by atoms with Crippen molar-refractivity contribution in [2.75, 3.05) is 26.4 Å². The summed E-state index contributed by atoms with van der Waals surface area (Å²) in [6.07, 6.45) is -11.7. The van der Waals surface area contributed by atoms with Gasteiger partial charge in [0, 0.05) is 29.6 Å². The lowest BCUT2D eigenvalue weighted by molar-refractivity contribution is -0.344. The van der Waals surface area contributed by atoms with E-state index in [9.17, 15) is 30.6 Å². The molecule has 2 aliphatic rings. The number of benzene rings is 2. The van der Waals surface area contributed by atoms with Gasteiger partial charge in [-0.1, -0.05) is 18.2 Å². The first-order valence-electron chi connectivity index (χ1n) is 14.6. The van der Waals surface area contributed by atoms with Crippen molar-refractivity contribution in [3.8, 4) is 5.75 Å². The first kappa shape index (κ1) is 31.0. The van der Waals surface area contributed by atoms with E-state index in [4.69, 9.17) is 28.7 Å². The minimum absolute atomic E-state index is 0.0134. The van der Waals surface area contributed by atoms with E-state index < -0.39 is 68.5 Å². The molecule has 2 aliphatic heterocycles. The smallest absolute Gasteiger partial charge is 0.187 e. The summed E-state index contributed by atoms with van der Waals surface area (Å²) in [4.78, 5) is 4.91. The van der Waals surface area contributed by atoms with Crippen LogP contribution in [0.2, 0.25) is 0 Å². The molecule has 44 heavy (non-hydrogen) atoms. The third-order valence-electron chi connectivity index (χ3n) is 8.53. The highest BCUT2D eigenvalue weighted by molar-refractivity contribution is 6.12. The fraction of sp³-hybridized carbons (Fsp3) is 0.516. The molecular formula is C31H38N2O11. The summed E-state index contributed by atoms with van der Waals surface area (Å²) < 4.78 is 30.6. The number of para-hydroxylation sites is 1. The Morgan fingerprint density at radius 1 is 0.909 bits per heavy atom. The van der Waals surface area contributed by atoms with Crippen LogP contribution in [-0.2, 0) is 26.0 Å². The highest BCUT2D eigenvalue weighted by atomic mass is 16.7. The van der Waals surface area contributed by atoms with E-state index in [0.29, 0.717) is 5.75 Å². The molecule has 6 rings (SSSR count). The highest BCUT2D eigenvalue weighted by Crippen LogP contribution is 2.35. The van der Waals surface area contributed by atoms with E-state index in [1.54, 1.807) is 0 Å². The average molecular weight is 615 g/mol. The zero-order valence-corrected chi connectivity index (χ0v) is 24.4. The molecule has 2 fully saturated rings. The van der Waals surface area contributed by atoms with E-state index in [1.807, 2.05) is 37.4 Å². The molecule has 238 valence electrons. The van der Waals surface area contributed by atoms with Gasteiger partial charge in [0.1, 0.15) is 54.6 Å². The van der Waals surface area contributed by atoms with Gasteiger partial charge in [0.15, 0.2) is 12.6 Å². The number of nitrogens with zero attached hydrogens (tertiary/aromatic N) is 2. The molecule has 13 nitrogen and oxygen atoms in total. The molecular weight excluding hydrogens is 576 g/mol. The first-order valence-corrected chi connectivity index (χ1v) is 14.6. The molecule has 0 unspecified atom stereocenters. The number of pyridine rings is 1. The second kappa shape index (κ2) is 12.8. The van der Waals surface area contributed by atoms with Crippen molar-refractivity contribution < 1.29 is 54.3 Å². The molecule has 0 saturated carbocycles. The van der Waals surface area contributed by atoms with Crippen LogP contribution in [0.1, 0.15) is 12.0 Å². The molecule has 0 spiro atoms. The van der Waals surface area contributed by atoms with E-state index in [0.717, 1.165) is 38.4 Å². The van der Waals surface area contributed by atoms with Crippen LogP contribution >= 0.6 is 0 Å². The van der Waals surface area contributed by atoms with Gasteiger partial charge >= 0.3 is 0 Å². The number of aromatic nitrogens is 2. The van der Waals surface area contributed by atoms with Crippen molar-refractivity contribution in [2.24, 2.45) is 7.05 Å². The quantitative estimate of drug-likeness (QED) is 0.141. The highest BCUT2D eigenvalue weighted by Gasteiger charge is 2.48. The normalized spacial score (nSPS) is 31.2. The fourth-order valence-electron chi connectivity index (χ4n) is 6.15. The lowest BCUT2D eigenvalue weighted by Gasteiger charge is -2.44. The van der Waals surface area contributed by atoms with Crippen molar-refractivity contribution in [3.05, 3.63) is 48.0 Å². The Morgan fingerprint density at radius 2 is 1.68 bits per heavy atom. The van der Waals surface area contributed by atoms with E-state index in [1.165, 1.54) is 0 Å². The van der Waals surface area contributed by atoms with Crippen molar-refractivity contribution in [1.29, 1.82) is 0 Å². The van der Waals surface area contributed by atoms with Gasteiger partial charge in [0.2, 0.25) is 0 Å². The van der Waals surface area contributed by atoms with Crippen LogP contribution in [0.3, 0.4) is 0 Å². The van der Waals surface area contributed by atoms with Crippen LogP contribution in [0.4, 0.5) is 0 Å². The Labute approximate surface area is 252 Å². The number of rotatable bonds is 9. The molecule has 2 saturated heterocycles. The number of hydrogen-bond acceptors (Lipinski definition) is 12. The fourth-order valence-corrected chi connectivity index (χ4v) is 6.15. The van der Waals surface area contributed by atoms with Gasteiger partial charge in [0.05, 0.1) is 37.0 Å². The third kappa shape index (κ3) is 5.65. The predicted octanol–water partition coefficient (Wildman–Crippen LogP) is 0.237. The lowest BCUT2D eigenvalue weighted by atomic mass is 9.98. The molecule has 4 heterocycles. The summed E-state index contributed by atoms with van der Waals surface area (Å²) >= 11 is 0. The topological polar surface area (TPSA) is 185 Å². The lowest BCUT2D eigenvalue weighted by Crippen LogP contribution is -2.62. The average Bonchev–Trinajstić information content (AvgIpc) is 3.32. The summed E-state index contributed by atoms with van der Waals surface area (Å²) in [5.74, 6) is 0.649. The number of ether oxygens (including phenoxy) is 5. The van der Waals surface area contributed by atoms with Crippen LogP contribution in [0.5, 0.6) is 5.75 Å². The minimum atomic E-state index is -1.65. The molecule has 2 aromatic heterocycles. The molecule has 13 heteroatoms. The maximum absolute atomic E-state index is 10.8. The zero-order valence-electron chi connectivity index (χ0n) is 24.4. The van der Waals surface area contributed by atoms with Gasteiger partial charge < -0.3 is 58.9 Å². The first-order chi connectivity index (χ1) is 21.2. The monoisotopic (exact) mass is 614 g/mol. The molecule has 2 aromatic carbocycles. The number of aliphatic hydroxyl groups is 6. The standard InChI is InChI=1S/C31H38N2O11/c1-15-18-11-16(7-8-19(18)32-30-25(15)17-5-3-4-6-20(17)33(30)2)40-9-10-41-24-12-21(36)29(23(14-35)42-24)44-31-28(39)27(38)26(37)22(13-34)43-31/h3-8,11,21-24,26-29,31,34-39H,9-10,12-14H2,1-2H3/t21-,22-,23-,24+,26+,27+,28-,29+,31+/m1/s1. The molecule has 4 aromatic rings.